The highest BCUT2D eigenvalue weighted by Gasteiger charge is 2.24. The fourth-order valence-corrected chi connectivity index (χ4v) is 4.40. The maximum absolute atomic E-state index is 12.8. The molecule has 29 heavy (non-hydrogen) atoms. The number of piperidine rings is 1. The third kappa shape index (κ3) is 4.74. The fourth-order valence-electron chi connectivity index (χ4n) is 4.12. The van der Waals surface area contributed by atoms with Gasteiger partial charge in [0.2, 0.25) is 0 Å². The first kappa shape index (κ1) is 20.2. The van der Waals surface area contributed by atoms with E-state index in [4.69, 9.17) is 21.1 Å². The Kier molecular flexibility index (Phi) is 6.37. The molecule has 0 N–H and O–H groups in total. The number of hydrogen-bond donors (Lipinski definition) is 0. The van der Waals surface area contributed by atoms with Gasteiger partial charge in [-0.05, 0) is 37.1 Å². The molecule has 0 amide bonds. The van der Waals surface area contributed by atoms with Gasteiger partial charge in [0.25, 0.3) is 5.56 Å². The van der Waals surface area contributed by atoms with Crippen molar-refractivity contribution in [2.24, 2.45) is 0 Å². The molecule has 2 saturated heterocycles. The van der Waals surface area contributed by atoms with Crippen molar-refractivity contribution in [1.82, 2.24) is 14.7 Å². The summed E-state index contributed by atoms with van der Waals surface area (Å²) in [4.78, 5) is 17.3. The minimum absolute atomic E-state index is 0.0340. The molecule has 2 aromatic rings. The van der Waals surface area contributed by atoms with E-state index >= 15 is 0 Å². The molecule has 8 heteroatoms. The van der Waals surface area contributed by atoms with E-state index in [0.29, 0.717) is 24.0 Å². The maximum atomic E-state index is 12.8. The van der Waals surface area contributed by atoms with Gasteiger partial charge in [0.1, 0.15) is 5.75 Å². The molecule has 0 bridgehead atoms. The Balaban J connectivity index is 1.44. The first-order valence-electron chi connectivity index (χ1n) is 10.1. The predicted molar refractivity (Wildman–Crippen MR) is 113 cm³/mol. The predicted octanol–water partition coefficient (Wildman–Crippen LogP) is 2.58. The molecule has 0 unspecified atom stereocenters. The normalized spacial score (nSPS) is 20.6. The number of ether oxygens (including phenoxy) is 2. The molecule has 2 aliphatic rings. The van der Waals surface area contributed by atoms with Gasteiger partial charge in [-0.3, -0.25) is 9.69 Å². The molecular formula is C21H27ClN4O3. The highest BCUT2D eigenvalue weighted by molar-refractivity contribution is 6.32. The first-order chi connectivity index (χ1) is 14.1. The number of likely N-dealkylation sites (tertiary alicyclic amines) is 1. The number of hydrogen-bond acceptors (Lipinski definition) is 6. The lowest BCUT2D eigenvalue weighted by molar-refractivity contribution is 0.122. The SMILES string of the molecule is COc1ccc(CN2CCC[C@@H](n3ncc(N4CCOCC4)cc3=O)C2)cc1Cl. The van der Waals surface area contributed by atoms with E-state index in [1.165, 1.54) is 0 Å². The smallest absolute Gasteiger partial charge is 0.269 e. The van der Waals surface area contributed by atoms with Crippen molar-refractivity contribution in [2.45, 2.75) is 25.4 Å². The van der Waals surface area contributed by atoms with Crippen LogP contribution in [0, 0.1) is 0 Å². The van der Waals surface area contributed by atoms with Crippen LogP contribution in [0.4, 0.5) is 5.69 Å². The van der Waals surface area contributed by atoms with Gasteiger partial charge in [0, 0.05) is 32.2 Å². The number of methoxy groups -OCH3 is 1. The van der Waals surface area contributed by atoms with Crippen LogP contribution in [0.5, 0.6) is 5.75 Å². The summed E-state index contributed by atoms with van der Waals surface area (Å²) in [5.41, 5.74) is 1.99. The average molecular weight is 419 g/mol. The molecule has 156 valence electrons. The van der Waals surface area contributed by atoms with E-state index < -0.39 is 0 Å². The van der Waals surface area contributed by atoms with Crippen LogP contribution in [0.2, 0.25) is 5.02 Å². The molecule has 7 nitrogen and oxygen atoms in total. The molecule has 2 aliphatic heterocycles. The number of morpholine rings is 1. The molecule has 0 saturated carbocycles. The van der Waals surface area contributed by atoms with Gasteiger partial charge in [-0.25, -0.2) is 4.68 Å². The quantitative estimate of drug-likeness (QED) is 0.743. The largest absolute Gasteiger partial charge is 0.495 e. The van der Waals surface area contributed by atoms with Gasteiger partial charge in [-0.1, -0.05) is 17.7 Å². The van der Waals surface area contributed by atoms with E-state index in [1.54, 1.807) is 17.9 Å². The minimum Gasteiger partial charge on any atom is -0.495 e. The van der Waals surface area contributed by atoms with Crippen molar-refractivity contribution in [3.05, 3.63) is 51.4 Å². The zero-order chi connectivity index (χ0) is 20.2. The van der Waals surface area contributed by atoms with Gasteiger partial charge in [0.05, 0.1) is 43.3 Å². The molecule has 1 aromatic carbocycles. The topological polar surface area (TPSA) is 59.8 Å². The summed E-state index contributed by atoms with van der Waals surface area (Å²) >= 11 is 6.26. The number of rotatable bonds is 5. The Morgan fingerprint density at radius 1 is 1.24 bits per heavy atom. The van der Waals surface area contributed by atoms with Crippen molar-refractivity contribution in [1.29, 1.82) is 0 Å². The summed E-state index contributed by atoms with van der Waals surface area (Å²) in [6, 6.07) is 7.68. The molecule has 1 atom stereocenters. The first-order valence-corrected chi connectivity index (χ1v) is 10.5. The Labute approximate surface area is 175 Å². The Morgan fingerprint density at radius 3 is 2.79 bits per heavy atom. The summed E-state index contributed by atoms with van der Waals surface area (Å²) in [6.07, 6.45) is 3.81. The van der Waals surface area contributed by atoms with E-state index in [0.717, 1.165) is 56.8 Å². The molecule has 0 radical (unpaired) electrons. The number of nitrogens with zero attached hydrogens (tertiary/aromatic N) is 4. The molecule has 3 heterocycles. The summed E-state index contributed by atoms with van der Waals surface area (Å²) in [7, 11) is 1.62. The summed E-state index contributed by atoms with van der Waals surface area (Å²) in [6.45, 7) is 5.57. The van der Waals surface area contributed by atoms with Crippen LogP contribution in [0.25, 0.3) is 0 Å². The second-order valence-corrected chi connectivity index (χ2v) is 8.00. The summed E-state index contributed by atoms with van der Waals surface area (Å²) in [5, 5.41) is 5.13. The summed E-state index contributed by atoms with van der Waals surface area (Å²) in [5.74, 6) is 0.683. The zero-order valence-electron chi connectivity index (χ0n) is 16.7. The van der Waals surface area contributed by atoms with Gasteiger partial charge in [-0.15, -0.1) is 0 Å². The number of aromatic nitrogens is 2. The Hall–Kier alpha value is -2.09. The van der Waals surface area contributed by atoms with Crippen molar-refractivity contribution < 1.29 is 9.47 Å². The average Bonchev–Trinajstić information content (AvgIpc) is 2.75. The van der Waals surface area contributed by atoms with Crippen LogP contribution in [0.3, 0.4) is 0 Å². The third-order valence-electron chi connectivity index (χ3n) is 5.64. The van der Waals surface area contributed by atoms with E-state index in [2.05, 4.69) is 14.9 Å². The standard InChI is InChI=1S/C21H27ClN4O3/c1-28-20-5-4-16(11-19(20)22)14-24-6-2-3-17(15-24)26-21(27)12-18(13-23-26)25-7-9-29-10-8-25/h4-5,11-13,17H,2-3,6-10,14-15H2,1H3/t17-/m1/s1. The van der Waals surface area contributed by atoms with Crippen LogP contribution in [-0.4, -0.2) is 61.2 Å². The molecule has 1 aromatic heterocycles. The van der Waals surface area contributed by atoms with E-state index in [9.17, 15) is 4.79 Å². The number of benzene rings is 1. The second-order valence-electron chi connectivity index (χ2n) is 7.60. The molecular weight excluding hydrogens is 392 g/mol. The molecule has 0 spiro atoms. The van der Waals surface area contributed by atoms with Crippen molar-refractivity contribution in [3.63, 3.8) is 0 Å². The van der Waals surface area contributed by atoms with Gasteiger partial charge in [0.15, 0.2) is 0 Å². The van der Waals surface area contributed by atoms with Gasteiger partial charge in [-0.2, -0.15) is 5.10 Å². The van der Waals surface area contributed by atoms with E-state index in [1.807, 2.05) is 24.4 Å². The highest BCUT2D eigenvalue weighted by atomic mass is 35.5. The highest BCUT2D eigenvalue weighted by Crippen LogP contribution is 2.27. The minimum atomic E-state index is -0.0340. The lowest BCUT2D eigenvalue weighted by Gasteiger charge is -2.33. The molecule has 0 aliphatic carbocycles. The van der Waals surface area contributed by atoms with Crippen LogP contribution >= 0.6 is 11.6 Å². The van der Waals surface area contributed by atoms with E-state index in [-0.39, 0.29) is 11.6 Å². The second kappa shape index (κ2) is 9.15. The zero-order valence-corrected chi connectivity index (χ0v) is 17.5. The number of halogens is 1. The van der Waals surface area contributed by atoms with Crippen LogP contribution < -0.4 is 15.2 Å². The van der Waals surface area contributed by atoms with Gasteiger partial charge < -0.3 is 14.4 Å². The van der Waals surface area contributed by atoms with Crippen LogP contribution in [-0.2, 0) is 11.3 Å². The lowest BCUT2D eigenvalue weighted by Crippen LogP contribution is -2.41. The number of anilines is 1. The molecule has 2 fully saturated rings. The van der Waals surface area contributed by atoms with Crippen LogP contribution in [0.15, 0.2) is 35.3 Å². The maximum Gasteiger partial charge on any atom is 0.269 e. The van der Waals surface area contributed by atoms with Crippen molar-refractivity contribution >= 4 is 17.3 Å². The summed E-state index contributed by atoms with van der Waals surface area (Å²) < 4.78 is 12.3. The Bertz CT molecular complexity index is 898. The lowest BCUT2D eigenvalue weighted by atomic mass is 10.0. The molecule has 4 rings (SSSR count). The van der Waals surface area contributed by atoms with Crippen molar-refractivity contribution in [3.8, 4) is 5.75 Å². The fraction of sp³-hybridized carbons (Fsp3) is 0.524. The van der Waals surface area contributed by atoms with Crippen LogP contribution in [0.1, 0.15) is 24.4 Å². The third-order valence-corrected chi connectivity index (χ3v) is 5.93. The Morgan fingerprint density at radius 2 is 2.07 bits per heavy atom. The van der Waals surface area contributed by atoms with Crippen molar-refractivity contribution in [2.75, 3.05) is 51.4 Å². The monoisotopic (exact) mass is 418 g/mol. The van der Waals surface area contributed by atoms with Gasteiger partial charge >= 0.3 is 0 Å².